The monoisotopic (exact) mass is 463 g/mol. The van der Waals surface area contributed by atoms with Gasteiger partial charge in [-0.05, 0) is 0 Å². The van der Waals surface area contributed by atoms with E-state index in [4.69, 9.17) is 4.98 Å². The summed E-state index contributed by atoms with van der Waals surface area (Å²) in [5, 5.41) is 5.60. The van der Waals surface area contributed by atoms with Crippen molar-refractivity contribution in [2.45, 2.75) is 0 Å². The molecule has 0 aliphatic rings. The van der Waals surface area contributed by atoms with Crippen molar-refractivity contribution in [3.8, 4) is 10.1 Å². The second kappa shape index (κ2) is 5.67. The van der Waals surface area contributed by atoms with Gasteiger partial charge >= 0.3 is 163 Å². The first-order valence-electron chi connectivity index (χ1n) is 8.57. The maximum atomic E-state index is 5.03. The molecule has 0 unspecified atom stereocenters. The Morgan fingerprint density at radius 3 is 2.27 bits per heavy atom. The first-order valence-corrected chi connectivity index (χ1v) is 12.0. The van der Waals surface area contributed by atoms with Gasteiger partial charge in [-0.2, -0.15) is 0 Å². The summed E-state index contributed by atoms with van der Waals surface area (Å²) in [4.78, 5) is 5.03. The predicted octanol–water partition coefficient (Wildman–Crippen LogP) is 5.48. The van der Waals surface area contributed by atoms with Crippen molar-refractivity contribution < 1.29 is 0 Å². The van der Waals surface area contributed by atoms with Crippen LogP contribution >= 0.6 is 0 Å². The van der Waals surface area contributed by atoms with Crippen molar-refractivity contribution >= 4 is 68.8 Å². The van der Waals surface area contributed by atoms with Gasteiger partial charge in [-0.25, -0.2) is 0 Å². The SMILES string of the molecule is c1ccc2c(c1)cc(-c1nc3ccccc3[se]1)c1c3ccccc3[se]c21. The van der Waals surface area contributed by atoms with Gasteiger partial charge in [0.25, 0.3) is 0 Å². The molecular formula is C23H13NSe2. The number of para-hydroxylation sites is 1. The molecule has 0 fully saturated rings. The van der Waals surface area contributed by atoms with E-state index in [2.05, 4.69) is 78.9 Å². The van der Waals surface area contributed by atoms with Gasteiger partial charge in [0.1, 0.15) is 0 Å². The van der Waals surface area contributed by atoms with Gasteiger partial charge in [0.15, 0.2) is 0 Å². The van der Waals surface area contributed by atoms with Gasteiger partial charge in [-0.3, -0.25) is 0 Å². The molecule has 0 saturated carbocycles. The minimum atomic E-state index is 0.275. The van der Waals surface area contributed by atoms with Crippen molar-refractivity contribution in [1.29, 1.82) is 0 Å². The second-order valence-corrected chi connectivity index (χ2v) is 10.8. The number of hydrogen-bond acceptors (Lipinski definition) is 1. The van der Waals surface area contributed by atoms with Crippen molar-refractivity contribution in [3.05, 3.63) is 78.9 Å². The third-order valence-electron chi connectivity index (χ3n) is 4.89. The molecule has 0 aliphatic carbocycles. The quantitative estimate of drug-likeness (QED) is 0.296. The summed E-state index contributed by atoms with van der Waals surface area (Å²) in [7, 11) is 0. The van der Waals surface area contributed by atoms with Crippen LogP contribution in [0.3, 0.4) is 0 Å². The van der Waals surface area contributed by atoms with E-state index in [1.54, 1.807) is 0 Å². The molecule has 6 rings (SSSR count). The van der Waals surface area contributed by atoms with Crippen LogP contribution in [0.4, 0.5) is 0 Å². The Morgan fingerprint density at radius 1 is 0.654 bits per heavy atom. The van der Waals surface area contributed by atoms with Crippen molar-refractivity contribution in [2.75, 3.05) is 0 Å². The molecule has 0 atom stereocenters. The molecule has 0 N–H and O–H groups in total. The average Bonchev–Trinajstić information content (AvgIpc) is 3.29. The number of aromatic nitrogens is 1. The third-order valence-corrected chi connectivity index (χ3v) is 9.66. The molecule has 0 saturated heterocycles. The Balaban J connectivity index is 1.83. The zero-order valence-corrected chi connectivity index (χ0v) is 17.2. The molecule has 2 aromatic heterocycles. The van der Waals surface area contributed by atoms with Crippen molar-refractivity contribution in [1.82, 2.24) is 4.98 Å². The average molecular weight is 461 g/mol. The predicted molar refractivity (Wildman–Crippen MR) is 114 cm³/mol. The van der Waals surface area contributed by atoms with E-state index in [9.17, 15) is 0 Å². The Kier molecular flexibility index (Phi) is 3.26. The van der Waals surface area contributed by atoms with Crippen molar-refractivity contribution in [2.24, 2.45) is 0 Å². The molecule has 1 nitrogen and oxygen atoms in total. The number of hydrogen-bond donors (Lipinski definition) is 0. The van der Waals surface area contributed by atoms with Crippen LogP contribution in [0.15, 0.2) is 78.9 Å². The van der Waals surface area contributed by atoms with E-state index in [0.717, 1.165) is 5.52 Å². The molecule has 0 bridgehead atoms. The summed E-state index contributed by atoms with van der Waals surface area (Å²) in [6.45, 7) is 0. The van der Waals surface area contributed by atoms with E-state index in [1.165, 1.54) is 44.5 Å². The number of rotatable bonds is 1. The van der Waals surface area contributed by atoms with Crippen molar-refractivity contribution in [3.63, 3.8) is 0 Å². The maximum absolute atomic E-state index is 5.03. The zero-order chi connectivity index (χ0) is 17.1. The first kappa shape index (κ1) is 15.0. The fourth-order valence-electron chi connectivity index (χ4n) is 3.72. The fourth-order valence-corrected chi connectivity index (χ4v) is 8.44. The fraction of sp³-hybridized carbons (Fsp3) is 0. The minimum absolute atomic E-state index is 0.275. The molecule has 0 aliphatic heterocycles. The molecule has 26 heavy (non-hydrogen) atoms. The molecule has 0 spiro atoms. The summed E-state index contributed by atoms with van der Waals surface area (Å²) < 4.78 is 5.69. The molecule has 122 valence electrons. The van der Waals surface area contributed by atoms with Crippen LogP contribution in [0.25, 0.3) is 50.0 Å². The molecule has 4 aromatic carbocycles. The molecule has 2 heterocycles. The summed E-state index contributed by atoms with van der Waals surface area (Å²) in [5.74, 6) is 0. The van der Waals surface area contributed by atoms with E-state index in [1.807, 2.05) is 0 Å². The Hall–Kier alpha value is -2.15. The van der Waals surface area contributed by atoms with Gasteiger partial charge in [0, 0.05) is 0 Å². The third kappa shape index (κ3) is 2.13. The summed E-state index contributed by atoms with van der Waals surface area (Å²) in [5.41, 5.74) is 2.50. The summed E-state index contributed by atoms with van der Waals surface area (Å²) >= 11 is 0.637. The molecule has 3 heteroatoms. The van der Waals surface area contributed by atoms with Crippen LogP contribution in [0, 0.1) is 0 Å². The topological polar surface area (TPSA) is 12.9 Å². The standard InChI is InChI=1S/C23H13NSe2/c1-2-8-15-14(7-1)13-17(23-24-18-10-4-6-12-20(18)26-23)21-16-9-3-5-11-19(16)25-22(15)21/h1-13H. The van der Waals surface area contributed by atoms with Gasteiger partial charge in [-0.15, -0.1) is 0 Å². The molecular weight excluding hydrogens is 448 g/mol. The number of nitrogens with zero attached hydrogens (tertiary/aromatic N) is 1. The van der Waals surface area contributed by atoms with Crippen LogP contribution in [0.5, 0.6) is 0 Å². The van der Waals surface area contributed by atoms with Crippen LogP contribution in [-0.2, 0) is 0 Å². The van der Waals surface area contributed by atoms with E-state index in [-0.39, 0.29) is 14.5 Å². The number of benzene rings is 4. The first-order chi connectivity index (χ1) is 12.9. The second-order valence-electron chi connectivity index (χ2n) is 6.43. The van der Waals surface area contributed by atoms with Crippen LogP contribution in [-0.4, -0.2) is 34.0 Å². The van der Waals surface area contributed by atoms with E-state index >= 15 is 0 Å². The Morgan fingerprint density at radius 2 is 1.38 bits per heavy atom. The van der Waals surface area contributed by atoms with Crippen LogP contribution < -0.4 is 0 Å². The van der Waals surface area contributed by atoms with Crippen LogP contribution in [0.1, 0.15) is 0 Å². The Labute approximate surface area is 162 Å². The summed E-state index contributed by atoms with van der Waals surface area (Å²) in [6, 6.07) is 28.7. The molecule has 6 aromatic rings. The zero-order valence-electron chi connectivity index (χ0n) is 13.8. The summed E-state index contributed by atoms with van der Waals surface area (Å²) in [6.07, 6.45) is 0. The van der Waals surface area contributed by atoms with E-state index in [0.29, 0.717) is 14.5 Å². The normalized spacial score (nSPS) is 11.8. The molecule has 0 amide bonds. The Bertz CT molecular complexity index is 1410. The van der Waals surface area contributed by atoms with Gasteiger partial charge in [0.2, 0.25) is 0 Å². The number of fused-ring (bicyclic) bond motifs is 6. The van der Waals surface area contributed by atoms with E-state index < -0.39 is 0 Å². The van der Waals surface area contributed by atoms with Gasteiger partial charge in [0.05, 0.1) is 0 Å². The van der Waals surface area contributed by atoms with Gasteiger partial charge in [-0.1, -0.05) is 0 Å². The van der Waals surface area contributed by atoms with Crippen LogP contribution in [0.2, 0.25) is 0 Å². The molecule has 0 radical (unpaired) electrons. The van der Waals surface area contributed by atoms with Gasteiger partial charge < -0.3 is 0 Å².